The van der Waals surface area contributed by atoms with Gasteiger partial charge >= 0.3 is 0 Å². The van der Waals surface area contributed by atoms with Gasteiger partial charge in [-0.3, -0.25) is 14.9 Å². The van der Waals surface area contributed by atoms with Crippen molar-refractivity contribution in [1.82, 2.24) is 9.78 Å². The van der Waals surface area contributed by atoms with E-state index in [4.69, 9.17) is 44.3 Å². The maximum Gasteiger partial charge on any atom is 0.275 e. The monoisotopic (exact) mass is 532 g/mol. The van der Waals surface area contributed by atoms with Gasteiger partial charge in [-0.15, -0.1) is 0 Å². The SMILES string of the molecule is O=C(Nc1cc(Oc2ccc(Cl)cc2Cl)cc([N+](=O)[O-])c1)c1ccnn1COc1ccc(Cl)cc1. The molecule has 0 aliphatic heterocycles. The molecule has 0 aliphatic carbocycles. The molecule has 0 bridgehead atoms. The average Bonchev–Trinajstić information content (AvgIpc) is 3.29. The first-order chi connectivity index (χ1) is 16.8. The van der Waals surface area contributed by atoms with E-state index in [1.165, 1.54) is 47.3 Å². The predicted molar refractivity (Wildman–Crippen MR) is 132 cm³/mol. The van der Waals surface area contributed by atoms with Crippen LogP contribution in [0.2, 0.25) is 15.1 Å². The van der Waals surface area contributed by atoms with Gasteiger partial charge in [0.05, 0.1) is 21.7 Å². The molecular formula is C23H15Cl3N4O5. The highest BCUT2D eigenvalue weighted by atomic mass is 35.5. The first-order valence-electron chi connectivity index (χ1n) is 9.92. The third kappa shape index (κ3) is 6.21. The largest absolute Gasteiger partial charge is 0.471 e. The number of rotatable bonds is 8. The van der Waals surface area contributed by atoms with Crippen LogP contribution in [0.1, 0.15) is 10.5 Å². The number of ether oxygens (including phenoxy) is 2. The molecule has 1 amide bonds. The smallest absolute Gasteiger partial charge is 0.275 e. The number of aromatic nitrogens is 2. The molecule has 0 radical (unpaired) electrons. The number of hydrogen-bond acceptors (Lipinski definition) is 6. The summed E-state index contributed by atoms with van der Waals surface area (Å²) in [6, 6.07) is 16.6. The lowest BCUT2D eigenvalue weighted by atomic mass is 10.2. The molecule has 178 valence electrons. The quantitative estimate of drug-likeness (QED) is 0.196. The summed E-state index contributed by atoms with van der Waals surface area (Å²) in [4.78, 5) is 23.7. The van der Waals surface area contributed by atoms with E-state index in [0.29, 0.717) is 15.8 Å². The Bertz CT molecular complexity index is 1390. The van der Waals surface area contributed by atoms with E-state index >= 15 is 0 Å². The standard InChI is InChI=1S/C23H15Cl3N4O5/c24-14-1-4-18(5-2-14)34-13-29-21(7-8-27-29)23(31)28-16-10-17(30(32)33)12-19(11-16)35-22-6-3-15(25)9-20(22)26/h1-12H,13H2,(H,28,31). The molecule has 0 unspecified atom stereocenters. The Kier molecular flexibility index (Phi) is 7.40. The molecular weight excluding hydrogens is 519 g/mol. The summed E-state index contributed by atoms with van der Waals surface area (Å²) in [6.45, 7) is -0.0459. The molecule has 0 atom stereocenters. The Morgan fingerprint density at radius 2 is 1.71 bits per heavy atom. The molecule has 1 heterocycles. The van der Waals surface area contributed by atoms with Gasteiger partial charge < -0.3 is 14.8 Å². The lowest BCUT2D eigenvalue weighted by Crippen LogP contribution is -2.19. The molecule has 0 fully saturated rings. The van der Waals surface area contributed by atoms with Crippen molar-refractivity contribution in [3.63, 3.8) is 0 Å². The summed E-state index contributed by atoms with van der Waals surface area (Å²) in [6.07, 6.45) is 1.44. The lowest BCUT2D eigenvalue weighted by Gasteiger charge is -2.12. The van der Waals surface area contributed by atoms with E-state index in [-0.39, 0.29) is 40.3 Å². The Morgan fingerprint density at radius 3 is 2.43 bits per heavy atom. The molecule has 0 saturated carbocycles. The second-order valence-corrected chi connectivity index (χ2v) is 8.33. The van der Waals surface area contributed by atoms with Crippen molar-refractivity contribution in [2.75, 3.05) is 5.32 Å². The summed E-state index contributed by atoms with van der Waals surface area (Å²) in [5.41, 5.74) is 0.0202. The van der Waals surface area contributed by atoms with E-state index in [1.807, 2.05) is 0 Å². The number of carbonyl (C=O) groups is 1. The van der Waals surface area contributed by atoms with Gasteiger partial charge in [0.15, 0.2) is 6.73 Å². The molecule has 12 heteroatoms. The number of nitro groups is 1. The van der Waals surface area contributed by atoms with Crippen LogP contribution in [0.25, 0.3) is 0 Å². The highest BCUT2D eigenvalue weighted by Gasteiger charge is 2.17. The fourth-order valence-electron chi connectivity index (χ4n) is 2.99. The van der Waals surface area contributed by atoms with Crippen LogP contribution in [0.15, 0.2) is 72.9 Å². The van der Waals surface area contributed by atoms with Crippen LogP contribution in [0.3, 0.4) is 0 Å². The van der Waals surface area contributed by atoms with Crippen LogP contribution in [0, 0.1) is 10.1 Å². The summed E-state index contributed by atoms with van der Waals surface area (Å²) in [5, 5.41) is 19.3. The van der Waals surface area contributed by atoms with Gasteiger partial charge in [-0.1, -0.05) is 34.8 Å². The van der Waals surface area contributed by atoms with E-state index in [9.17, 15) is 14.9 Å². The Labute approximate surface area is 213 Å². The summed E-state index contributed by atoms with van der Waals surface area (Å²) in [5.74, 6) is 0.320. The zero-order valence-corrected chi connectivity index (χ0v) is 19.9. The van der Waals surface area contributed by atoms with E-state index in [0.717, 1.165) is 0 Å². The third-order valence-corrected chi connectivity index (χ3v) is 5.38. The van der Waals surface area contributed by atoms with Crippen molar-refractivity contribution in [2.24, 2.45) is 0 Å². The zero-order valence-electron chi connectivity index (χ0n) is 17.7. The molecule has 0 saturated heterocycles. The number of nitrogens with one attached hydrogen (secondary N) is 1. The number of nitrogens with zero attached hydrogens (tertiary/aromatic N) is 3. The third-order valence-electron chi connectivity index (χ3n) is 4.60. The summed E-state index contributed by atoms with van der Waals surface area (Å²) in [7, 11) is 0. The fraction of sp³-hybridized carbons (Fsp3) is 0.0435. The van der Waals surface area contributed by atoms with E-state index in [2.05, 4.69) is 10.4 Å². The van der Waals surface area contributed by atoms with Gasteiger partial charge in [0.25, 0.3) is 11.6 Å². The van der Waals surface area contributed by atoms with Crippen molar-refractivity contribution in [1.29, 1.82) is 0 Å². The van der Waals surface area contributed by atoms with Crippen molar-refractivity contribution < 1.29 is 19.2 Å². The lowest BCUT2D eigenvalue weighted by molar-refractivity contribution is -0.384. The second-order valence-electron chi connectivity index (χ2n) is 7.05. The minimum absolute atomic E-state index is 0.0459. The molecule has 35 heavy (non-hydrogen) atoms. The molecule has 4 rings (SSSR count). The molecule has 1 aromatic heterocycles. The number of amides is 1. The summed E-state index contributed by atoms with van der Waals surface area (Å²) < 4.78 is 12.7. The maximum atomic E-state index is 12.9. The first kappa shape index (κ1) is 24.3. The zero-order chi connectivity index (χ0) is 24.9. The highest BCUT2D eigenvalue weighted by Crippen LogP contribution is 2.34. The average molecular weight is 534 g/mol. The second kappa shape index (κ2) is 10.6. The molecule has 1 N–H and O–H groups in total. The van der Waals surface area contributed by atoms with Crippen LogP contribution >= 0.6 is 34.8 Å². The van der Waals surface area contributed by atoms with Gasteiger partial charge in [-0.05, 0) is 48.5 Å². The number of carbonyl (C=O) groups excluding carboxylic acids is 1. The van der Waals surface area contributed by atoms with E-state index < -0.39 is 10.8 Å². The van der Waals surface area contributed by atoms with Crippen LogP contribution in [-0.4, -0.2) is 20.6 Å². The highest BCUT2D eigenvalue weighted by molar-refractivity contribution is 6.35. The van der Waals surface area contributed by atoms with Gasteiger partial charge in [0.1, 0.15) is 22.9 Å². The van der Waals surface area contributed by atoms with Crippen LogP contribution in [-0.2, 0) is 6.73 Å². The normalized spacial score (nSPS) is 10.6. The van der Waals surface area contributed by atoms with Crippen LogP contribution in [0.5, 0.6) is 17.2 Å². The molecule has 0 spiro atoms. The Hall–Kier alpha value is -3.79. The number of benzene rings is 3. The van der Waals surface area contributed by atoms with Crippen molar-refractivity contribution in [3.05, 3.63) is 104 Å². The number of hydrogen-bond donors (Lipinski definition) is 1. The van der Waals surface area contributed by atoms with Gasteiger partial charge in [0, 0.05) is 28.4 Å². The van der Waals surface area contributed by atoms with Crippen LogP contribution in [0.4, 0.5) is 11.4 Å². The Balaban J connectivity index is 1.52. The molecule has 4 aromatic rings. The first-order valence-corrected chi connectivity index (χ1v) is 11.1. The summed E-state index contributed by atoms with van der Waals surface area (Å²) >= 11 is 17.9. The van der Waals surface area contributed by atoms with Crippen LogP contribution < -0.4 is 14.8 Å². The van der Waals surface area contributed by atoms with Crippen molar-refractivity contribution in [2.45, 2.75) is 6.73 Å². The molecule has 0 aliphatic rings. The van der Waals surface area contributed by atoms with Gasteiger partial charge in [-0.2, -0.15) is 5.10 Å². The predicted octanol–water partition coefficient (Wildman–Crippen LogP) is 6.83. The number of nitro benzene ring substituents is 1. The van der Waals surface area contributed by atoms with Gasteiger partial charge in [-0.25, -0.2) is 4.68 Å². The number of halogens is 3. The number of non-ortho nitro benzene ring substituents is 1. The van der Waals surface area contributed by atoms with E-state index in [1.54, 1.807) is 30.3 Å². The maximum absolute atomic E-state index is 12.9. The number of anilines is 1. The minimum atomic E-state index is -0.601. The molecule has 9 nitrogen and oxygen atoms in total. The minimum Gasteiger partial charge on any atom is -0.471 e. The Morgan fingerprint density at radius 1 is 0.971 bits per heavy atom. The van der Waals surface area contributed by atoms with Gasteiger partial charge in [0.2, 0.25) is 0 Å². The van der Waals surface area contributed by atoms with Crippen molar-refractivity contribution >= 4 is 52.1 Å². The molecule has 3 aromatic carbocycles. The fourth-order valence-corrected chi connectivity index (χ4v) is 3.57. The van der Waals surface area contributed by atoms with Crippen molar-refractivity contribution in [3.8, 4) is 17.2 Å². The topological polar surface area (TPSA) is 109 Å².